The second-order valence-corrected chi connectivity index (χ2v) is 5.98. The van der Waals surface area contributed by atoms with Gasteiger partial charge in [0.1, 0.15) is 5.75 Å². The van der Waals surface area contributed by atoms with Gasteiger partial charge in [0.05, 0.1) is 5.56 Å². The van der Waals surface area contributed by atoms with Gasteiger partial charge in [0.15, 0.2) is 6.61 Å². The molecule has 0 bridgehead atoms. The largest absolute Gasteiger partial charge is 0.483 e. The summed E-state index contributed by atoms with van der Waals surface area (Å²) in [5.74, 6) is 1.21. The summed E-state index contributed by atoms with van der Waals surface area (Å²) in [6, 6.07) is 14.5. The van der Waals surface area contributed by atoms with Gasteiger partial charge < -0.3 is 14.5 Å². The summed E-state index contributed by atoms with van der Waals surface area (Å²) in [7, 11) is 0. The molecule has 0 spiro atoms. The maximum absolute atomic E-state index is 12.0. The van der Waals surface area contributed by atoms with E-state index in [1.165, 1.54) is 0 Å². The Balaban J connectivity index is 1.59. The molecule has 0 saturated carbocycles. The highest BCUT2D eigenvalue weighted by Crippen LogP contribution is 2.28. The number of hydrogen-bond acceptors (Lipinski definition) is 5. The third kappa shape index (κ3) is 4.61. The maximum Gasteiger partial charge on any atom is 0.258 e. The molecular weight excluding hydrogens is 354 g/mol. The Labute approximate surface area is 156 Å². The van der Waals surface area contributed by atoms with E-state index in [0.717, 1.165) is 5.56 Å². The molecule has 0 aliphatic rings. The van der Waals surface area contributed by atoms with Crippen molar-refractivity contribution in [2.75, 3.05) is 6.61 Å². The quantitative estimate of drug-likeness (QED) is 0.686. The molecule has 0 atom stereocenters. The van der Waals surface area contributed by atoms with Crippen LogP contribution in [0.2, 0.25) is 5.02 Å². The van der Waals surface area contributed by atoms with E-state index in [-0.39, 0.29) is 12.5 Å². The van der Waals surface area contributed by atoms with Crippen molar-refractivity contribution in [3.05, 3.63) is 65.0 Å². The Kier molecular flexibility index (Phi) is 5.86. The van der Waals surface area contributed by atoms with E-state index in [0.29, 0.717) is 41.1 Å². The van der Waals surface area contributed by atoms with Gasteiger partial charge in [-0.1, -0.05) is 42.8 Å². The van der Waals surface area contributed by atoms with E-state index in [4.69, 9.17) is 20.8 Å². The summed E-state index contributed by atoms with van der Waals surface area (Å²) >= 11 is 5.84. The Morgan fingerprint density at radius 2 is 1.92 bits per heavy atom. The number of ether oxygens (including phenoxy) is 1. The molecular formula is C19H18ClN3O3. The standard InChI is InChI=1S/C19H18ClN3O3/c1-2-18-22-23-19(26-18)15-5-3-4-6-16(15)25-12-17(24)21-11-13-7-9-14(20)10-8-13/h3-10H,2,11-12H2,1H3,(H,21,24). The molecule has 26 heavy (non-hydrogen) atoms. The second kappa shape index (κ2) is 8.49. The third-order valence-corrected chi connectivity index (χ3v) is 3.90. The van der Waals surface area contributed by atoms with Crippen LogP contribution in [-0.2, 0) is 17.8 Å². The zero-order chi connectivity index (χ0) is 18.4. The summed E-state index contributed by atoms with van der Waals surface area (Å²) < 4.78 is 11.2. The van der Waals surface area contributed by atoms with E-state index < -0.39 is 0 Å². The lowest BCUT2D eigenvalue weighted by Gasteiger charge is -2.10. The zero-order valence-corrected chi connectivity index (χ0v) is 15.0. The van der Waals surface area contributed by atoms with Crippen molar-refractivity contribution in [2.45, 2.75) is 19.9 Å². The maximum atomic E-state index is 12.0. The number of carbonyl (C=O) groups is 1. The molecule has 0 aliphatic carbocycles. The zero-order valence-electron chi connectivity index (χ0n) is 14.2. The number of nitrogens with one attached hydrogen (secondary N) is 1. The number of amides is 1. The molecule has 0 fully saturated rings. The van der Waals surface area contributed by atoms with Crippen molar-refractivity contribution in [3.8, 4) is 17.2 Å². The molecule has 7 heteroatoms. The van der Waals surface area contributed by atoms with Crippen LogP contribution < -0.4 is 10.1 Å². The lowest BCUT2D eigenvalue weighted by Crippen LogP contribution is -2.28. The predicted molar refractivity (Wildman–Crippen MR) is 97.9 cm³/mol. The van der Waals surface area contributed by atoms with Gasteiger partial charge in [-0.15, -0.1) is 10.2 Å². The first kappa shape index (κ1) is 17.9. The van der Waals surface area contributed by atoms with Gasteiger partial charge in [-0.25, -0.2) is 0 Å². The molecule has 2 aromatic carbocycles. The topological polar surface area (TPSA) is 77.2 Å². The number of hydrogen-bond donors (Lipinski definition) is 1. The third-order valence-electron chi connectivity index (χ3n) is 3.65. The van der Waals surface area contributed by atoms with Crippen LogP contribution in [0.25, 0.3) is 11.5 Å². The Hall–Kier alpha value is -2.86. The Morgan fingerprint density at radius 3 is 2.65 bits per heavy atom. The van der Waals surface area contributed by atoms with Crippen molar-refractivity contribution in [2.24, 2.45) is 0 Å². The number of halogens is 1. The highest BCUT2D eigenvalue weighted by atomic mass is 35.5. The Morgan fingerprint density at radius 1 is 1.15 bits per heavy atom. The molecule has 0 saturated heterocycles. The highest BCUT2D eigenvalue weighted by molar-refractivity contribution is 6.30. The molecule has 3 aromatic rings. The molecule has 1 amide bonds. The fourth-order valence-electron chi connectivity index (χ4n) is 2.27. The van der Waals surface area contributed by atoms with E-state index in [1.807, 2.05) is 37.3 Å². The number of para-hydroxylation sites is 1. The fraction of sp³-hybridized carbons (Fsp3) is 0.211. The number of carbonyl (C=O) groups excluding carboxylic acids is 1. The summed E-state index contributed by atoms with van der Waals surface area (Å²) in [6.07, 6.45) is 0.656. The number of nitrogens with zero attached hydrogens (tertiary/aromatic N) is 2. The second-order valence-electron chi connectivity index (χ2n) is 5.54. The van der Waals surface area contributed by atoms with Gasteiger partial charge in [-0.3, -0.25) is 4.79 Å². The van der Waals surface area contributed by atoms with Gasteiger partial charge >= 0.3 is 0 Å². The minimum atomic E-state index is -0.227. The normalized spacial score (nSPS) is 10.5. The predicted octanol–water partition coefficient (Wildman–Crippen LogP) is 3.65. The van der Waals surface area contributed by atoms with Crippen LogP contribution >= 0.6 is 11.6 Å². The van der Waals surface area contributed by atoms with Crippen molar-refractivity contribution < 1.29 is 13.9 Å². The van der Waals surface area contributed by atoms with Crippen LogP contribution in [0.4, 0.5) is 0 Å². The van der Waals surface area contributed by atoms with Crippen molar-refractivity contribution >= 4 is 17.5 Å². The summed E-state index contributed by atoms with van der Waals surface area (Å²) in [5.41, 5.74) is 1.62. The van der Waals surface area contributed by atoms with Crippen molar-refractivity contribution in [1.29, 1.82) is 0 Å². The van der Waals surface area contributed by atoms with Gasteiger partial charge in [-0.05, 0) is 29.8 Å². The van der Waals surface area contributed by atoms with Gasteiger partial charge in [-0.2, -0.15) is 0 Å². The van der Waals surface area contributed by atoms with Crippen molar-refractivity contribution in [1.82, 2.24) is 15.5 Å². The number of rotatable bonds is 7. The fourth-order valence-corrected chi connectivity index (χ4v) is 2.40. The lowest BCUT2D eigenvalue weighted by molar-refractivity contribution is -0.123. The van der Waals surface area contributed by atoms with Crippen LogP contribution in [0.15, 0.2) is 52.9 Å². The summed E-state index contributed by atoms with van der Waals surface area (Å²) in [4.78, 5) is 12.0. The molecule has 0 aliphatic heterocycles. The first-order valence-corrected chi connectivity index (χ1v) is 8.59. The summed E-state index contributed by atoms with van der Waals surface area (Å²) in [5, 5.41) is 11.4. The molecule has 6 nitrogen and oxygen atoms in total. The molecule has 1 N–H and O–H groups in total. The van der Waals surface area contributed by atoms with Crippen molar-refractivity contribution in [3.63, 3.8) is 0 Å². The minimum absolute atomic E-state index is 0.112. The Bertz CT molecular complexity index is 878. The van der Waals surface area contributed by atoms with Gasteiger partial charge in [0.2, 0.25) is 5.89 Å². The minimum Gasteiger partial charge on any atom is -0.483 e. The van der Waals surface area contributed by atoms with Gasteiger partial charge in [0, 0.05) is 18.0 Å². The summed E-state index contributed by atoms with van der Waals surface area (Å²) in [6.45, 7) is 2.23. The SMILES string of the molecule is CCc1nnc(-c2ccccc2OCC(=O)NCc2ccc(Cl)cc2)o1. The molecule has 1 heterocycles. The average molecular weight is 372 g/mol. The van der Waals surface area contributed by atoms with E-state index >= 15 is 0 Å². The molecule has 1 aromatic heterocycles. The van der Waals surface area contributed by atoms with Crippen LogP contribution in [0, 0.1) is 0 Å². The van der Waals surface area contributed by atoms with E-state index in [9.17, 15) is 4.79 Å². The number of benzene rings is 2. The van der Waals surface area contributed by atoms with Crippen LogP contribution in [0.1, 0.15) is 18.4 Å². The van der Waals surface area contributed by atoms with Crippen LogP contribution in [0.5, 0.6) is 5.75 Å². The number of aryl methyl sites for hydroxylation is 1. The molecule has 134 valence electrons. The molecule has 0 unspecified atom stereocenters. The first-order valence-electron chi connectivity index (χ1n) is 8.21. The van der Waals surface area contributed by atoms with Crippen LogP contribution in [-0.4, -0.2) is 22.7 Å². The molecule has 0 radical (unpaired) electrons. The first-order chi connectivity index (χ1) is 12.7. The monoisotopic (exact) mass is 371 g/mol. The molecule has 3 rings (SSSR count). The highest BCUT2D eigenvalue weighted by Gasteiger charge is 2.14. The average Bonchev–Trinajstić information content (AvgIpc) is 3.15. The van der Waals surface area contributed by atoms with Gasteiger partial charge in [0.25, 0.3) is 11.8 Å². The van der Waals surface area contributed by atoms with E-state index in [1.54, 1.807) is 18.2 Å². The van der Waals surface area contributed by atoms with Crippen LogP contribution in [0.3, 0.4) is 0 Å². The lowest BCUT2D eigenvalue weighted by atomic mass is 10.2. The smallest absolute Gasteiger partial charge is 0.258 e. The van der Waals surface area contributed by atoms with E-state index in [2.05, 4.69) is 15.5 Å². The number of aromatic nitrogens is 2.